The third-order valence-corrected chi connectivity index (χ3v) is 3.80. The van der Waals surface area contributed by atoms with Crippen LogP contribution in [-0.4, -0.2) is 18.8 Å². The standard InChI is InChI=1S/C20H24O5/c1-13(2)7-5-8-14(3)11-12-24-19-17(21)15-9-6-10-16(23-4)18(15)25-20(19)22/h6-7,9-11,21H,5,8,12H2,1-4H3/b14-11+. The second-order valence-corrected chi connectivity index (χ2v) is 6.09. The quantitative estimate of drug-likeness (QED) is 0.588. The van der Waals surface area contributed by atoms with E-state index in [0.717, 1.165) is 18.4 Å². The minimum atomic E-state index is -0.731. The van der Waals surface area contributed by atoms with E-state index in [1.807, 2.05) is 13.0 Å². The Labute approximate surface area is 147 Å². The molecular weight excluding hydrogens is 320 g/mol. The van der Waals surface area contributed by atoms with Crippen molar-refractivity contribution in [3.63, 3.8) is 0 Å². The van der Waals surface area contributed by atoms with Crippen LogP contribution in [0.15, 0.2) is 50.7 Å². The average molecular weight is 344 g/mol. The summed E-state index contributed by atoms with van der Waals surface area (Å²) in [7, 11) is 1.47. The lowest BCUT2D eigenvalue weighted by Gasteiger charge is -2.09. The SMILES string of the molecule is COc1cccc2c(O)c(OC/C=C(\C)CCC=C(C)C)c(=O)oc12. The molecule has 0 bridgehead atoms. The minimum absolute atomic E-state index is 0.186. The highest BCUT2D eigenvalue weighted by atomic mass is 16.5. The molecule has 5 nitrogen and oxygen atoms in total. The molecule has 2 rings (SSSR count). The Hall–Kier alpha value is -2.69. The second kappa shape index (κ2) is 8.42. The van der Waals surface area contributed by atoms with Gasteiger partial charge in [0.15, 0.2) is 17.1 Å². The van der Waals surface area contributed by atoms with Gasteiger partial charge in [-0.1, -0.05) is 23.3 Å². The highest BCUT2D eigenvalue weighted by Crippen LogP contribution is 2.35. The number of fused-ring (bicyclic) bond motifs is 1. The predicted molar refractivity (Wildman–Crippen MR) is 98.6 cm³/mol. The molecule has 0 saturated carbocycles. The van der Waals surface area contributed by atoms with Gasteiger partial charge in [-0.2, -0.15) is 0 Å². The predicted octanol–water partition coefficient (Wildman–Crippen LogP) is 4.58. The first-order valence-corrected chi connectivity index (χ1v) is 8.18. The van der Waals surface area contributed by atoms with Gasteiger partial charge in [-0.25, -0.2) is 4.79 Å². The zero-order valence-electron chi connectivity index (χ0n) is 15.1. The molecule has 2 aromatic rings. The van der Waals surface area contributed by atoms with Crippen LogP contribution < -0.4 is 15.1 Å². The molecule has 5 heteroatoms. The van der Waals surface area contributed by atoms with Crippen molar-refractivity contribution in [3.8, 4) is 17.2 Å². The van der Waals surface area contributed by atoms with E-state index in [4.69, 9.17) is 13.9 Å². The topological polar surface area (TPSA) is 68.9 Å². The number of hydrogen-bond donors (Lipinski definition) is 1. The third-order valence-electron chi connectivity index (χ3n) is 3.80. The highest BCUT2D eigenvalue weighted by molar-refractivity contribution is 5.89. The maximum atomic E-state index is 12.1. The summed E-state index contributed by atoms with van der Waals surface area (Å²) in [5, 5.41) is 10.7. The summed E-state index contributed by atoms with van der Waals surface area (Å²) in [6.07, 6.45) is 5.96. The molecule has 0 radical (unpaired) electrons. The van der Waals surface area contributed by atoms with Crippen LogP contribution in [-0.2, 0) is 0 Å². The molecule has 0 aliphatic carbocycles. The van der Waals surface area contributed by atoms with Crippen LogP contribution in [0.4, 0.5) is 0 Å². The van der Waals surface area contributed by atoms with Crippen LogP contribution in [0.5, 0.6) is 17.2 Å². The Morgan fingerprint density at radius 1 is 1.24 bits per heavy atom. The molecule has 1 aromatic carbocycles. The van der Waals surface area contributed by atoms with Gasteiger partial charge in [-0.3, -0.25) is 0 Å². The molecule has 0 spiro atoms. The smallest absolute Gasteiger partial charge is 0.383 e. The molecule has 25 heavy (non-hydrogen) atoms. The average Bonchev–Trinajstić information content (AvgIpc) is 2.57. The largest absolute Gasteiger partial charge is 0.504 e. The van der Waals surface area contributed by atoms with E-state index in [-0.39, 0.29) is 23.7 Å². The minimum Gasteiger partial charge on any atom is -0.504 e. The van der Waals surface area contributed by atoms with E-state index in [1.165, 1.54) is 12.7 Å². The first kappa shape index (κ1) is 18.6. The molecule has 0 atom stereocenters. The molecule has 0 aliphatic rings. The van der Waals surface area contributed by atoms with E-state index < -0.39 is 5.63 Å². The number of allylic oxidation sites excluding steroid dienone is 3. The molecule has 0 aliphatic heterocycles. The number of aromatic hydroxyl groups is 1. The number of methoxy groups -OCH3 is 1. The van der Waals surface area contributed by atoms with Crippen molar-refractivity contribution in [2.45, 2.75) is 33.6 Å². The van der Waals surface area contributed by atoms with Gasteiger partial charge in [-0.05, 0) is 51.8 Å². The summed E-state index contributed by atoms with van der Waals surface area (Å²) in [4.78, 5) is 12.1. The van der Waals surface area contributed by atoms with Crippen molar-refractivity contribution < 1.29 is 19.0 Å². The van der Waals surface area contributed by atoms with Gasteiger partial charge in [0.05, 0.1) is 12.5 Å². The fourth-order valence-corrected chi connectivity index (χ4v) is 2.41. The first-order chi connectivity index (χ1) is 11.9. The van der Waals surface area contributed by atoms with Crippen molar-refractivity contribution in [1.29, 1.82) is 0 Å². The summed E-state index contributed by atoms with van der Waals surface area (Å²) in [5.74, 6) is -0.0405. The Bertz CT molecular complexity index is 854. The maximum absolute atomic E-state index is 12.1. The fraction of sp³-hybridized carbons (Fsp3) is 0.350. The van der Waals surface area contributed by atoms with Crippen molar-refractivity contribution in [2.75, 3.05) is 13.7 Å². The van der Waals surface area contributed by atoms with Crippen LogP contribution in [0, 0.1) is 0 Å². The van der Waals surface area contributed by atoms with Crippen LogP contribution in [0.2, 0.25) is 0 Å². The number of rotatable bonds is 7. The summed E-state index contributed by atoms with van der Waals surface area (Å²) in [5.41, 5.74) is 1.92. The van der Waals surface area contributed by atoms with Crippen LogP contribution in [0.1, 0.15) is 33.6 Å². The summed E-state index contributed by atoms with van der Waals surface area (Å²) < 4.78 is 15.9. The number of hydrogen-bond acceptors (Lipinski definition) is 5. The van der Waals surface area contributed by atoms with Crippen LogP contribution >= 0.6 is 0 Å². The molecule has 1 aromatic heterocycles. The van der Waals surface area contributed by atoms with Gasteiger partial charge >= 0.3 is 5.63 Å². The van der Waals surface area contributed by atoms with Gasteiger partial charge in [0, 0.05) is 0 Å². The molecular formula is C20H24O5. The van der Waals surface area contributed by atoms with Crippen molar-refractivity contribution >= 4 is 11.0 Å². The molecule has 134 valence electrons. The number of benzene rings is 1. The lowest BCUT2D eigenvalue weighted by molar-refractivity contribution is 0.315. The summed E-state index contributed by atoms with van der Waals surface area (Å²) >= 11 is 0. The van der Waals surface area contributed by atoms with Crippen molar-refractivity contribution in [1.82, 2.24) is 0 Å². The van der Waals surface area contributed by atoms with E-state index in [9.17, 15) is 9.90 Å². The van der Waals surface area contributed by atoms with Crippen molar-refractivity contribution in [3.05, 3.63) is 51.9 Å². The maximum Gasteiger partial charge on any atom is 0.383 e. The lowest BCUT2D eigenvalue weighted by Crippen LogP contribution is -2.08. The van der Waals surface area contributed by atoms with Crippen LogP contribution in [0.3, 0.4) is 0 Å². The molecule has 1 heterocycles. The molecule has 0 unspecified atom stereocenters. The second-order valence-electron chi connectivity index (χ2n) is 6.09. The Morgan fingerprint density at radius 3 is 2.68 bits per heavy atom. The number of ether oxygens (including phenoxy) is 2. The van der Waals surface area contributed by atoms with Gasteiger partial charge in [0.1, 0.15) is 6.61 Å². The molecule has 1 N–H and O–H groups in total. The normalized spacial score (nSPS) is 11.4. The van der Waals surface area contributed by atoms with Gasteiger partial charge in [-0.15, -0.1) is 0 Å². The van der Waals surface area contributed by atoms with Crippen LogP contribution in [0.25, 0.3) is 11.0 Å². The summed E-state index contributed by atoms with van der Waals surface area (Å²) in [6.45, 7) is 6.34. The van der Waals surface area contributed by atoms with E-state index in [2.05, 4.69) is 19.9 Å². The molecule has 0 saturated heterocycles. The van der Waals surface area contributed by atoms with Gasteiger partial charge < -0.3 is 19.0 Å². The first-order valence-electron chi connectivity index (χ1n) is 8.18. The van der Waals surface area contributed by atoms with Gasteiger partial charge in [0.25, 0.3) is 0 Å². The lowest BCUT2D eigenvalue weighted by atomic mass is 10.1. The Morgan fingerprint density at radius 2 is 2.00 bits per heavy atom. The van der Waals surface area contributed by atoms with Crippen molar-refractivity contribution in [2.24, 2.45) is 0 Å². The van der Waals surface area contributed by atoms with E-state index >= 15 is 0 Å². The van der Waals surface area contributed by atoms with Gasteiger partial charge in [0.2, 0.25) is 5.75 Å². The third kappa shape index (κ3) is 4.66. The summed E-state index contributed by atoms with van der Waals surface area (Å²) in [6, 6.07) is 5.01. The fourth-order valence-electron chi connectivity index (χ4n) is 2.41. The molecule has 0 amide bonds. The van der Waals surface area contributed by atoms with E-state index in [1.54, 1.807) is 18.2 Å². The van der Waals surface area contributed by atoms with E-state index in [0.29, 0.717) is 11.1 Å². The highest BCUT2D eigenvalue weighted by Gasteiger charge is 2.17. The zero-order chi connectivity index (χ0) is 18.4. The Kier molecular flexibility index (Phi) is 6.28. The Balaban J connectivity index is 2.16. The zero-order valence-corrected chi connectivity index (χ0v) is 15.1. The monoisotopic (exact) mass is 344 g/mol. The number of para-hydroxylation sites is 1. The molecule has 0 fully saturated rings.